The summed E-state index contributed by atoms with van der Waals surface area (Å²) in [6, 6.07) is 1.30. The van der Waals surface area contributed by atoms with E-state index in [4.69, 9.17) is 23.2 Å². The van der Waals surface area contributed by atoms with Crippen LogP contribution in [0.3, 0.4) is 0 Å². The molecule has 1 fully saturated rings. The number of rotatable bonds is 5. The summed E-state index contributed by atoms with van der Waals surface area (Å²) >= 11 is 11.4. The van der Waals surface area contributed by atoms with Crippen molar-refractivity contribution in [2.75, 3.05) is 6.54 Å². The van der Waals surface area contributed by atoms with E-state index in [-0.39, 0.29) is 15.1 Å². The molecular weight excluding hydrogens is 283 g/mol. The van der Waals surface area contributed by atoms with Crippen LogP contribution in [0, 0.1) is 5.92 Å². The smallest absolute Gasteiger partial charge is 0.242 e. The van der Waals surface area contributed by atoms with Crippen molar-refractivity contribution >= 4 is 33.2 Å². The molecule has 1 aromatic rings. The predicted octanol–water partition coefficient (Wildman–Crippen LogP) is 2.47. The van der Waals surface area contributed by atoms with E-state index < -0.39 is 10.0 Å². The summed E-state index contributed by atoms with van der Waals surface area (Å²) in [5, 5.41) is 0.236. The fraction of sp³-hybridized carbons (Fsp3) is 0.500. The van der Waals surface area contributed by atoms with E-state index in [0.29, 0.717) is 12.5 Å². The Bertz CT molecular complexity index is 515. The molecule has 0 saturated heterocycles. The molecule has 0 spiro atoms. The Hall–Kier alpha value is -0.360. The molecule has 0 unspecified atom stereocenters. The number of pyridine rings is 1. The quantitative estimate of drug-likeness (QED) is 0.849. The van der Waals surface area contributed by atoms with Gasteiger partial charge in [-0.3, -0.25) is 0 Å². The molecule has 17 heavy (non-hydrogen) atoms. The van der Waals surface area contributed by atoms with Crippen molar-refractivity contribution in [1.29, 1.82) is 0 Å². The minimum absolute atomic E-state index is 0.0442. The van der Waals surface area contributed by atoms with Gasteiger partial charge in [0.1, 0.15) is 10.0 Å². The van der Waals surface area contributed by atoms with Crippen LogP contribution < -0.4 is 4.72 Å². The molecule has 0 aliphatic heterocycles. The Labute approximate surface area is 110 Å². The lowest BCUT2D eigenvalue weighted by Gasteiger charge is -2.06. The first kappa shape index (κ1) is 13.1. The van der Waals surface area contributed by atoms with E-state index in [1.165, 1.54) is 25.1 Å². The molecule has 0 amide bonds. The maximum Gasteiger partial charge on any atom is 0.242 e. The third kappa shape index (κ3) is 3.55. The lowest BCUT2D eigenvalue weighted by molar-refractivity contribution is 0.575. The highest BCUT2D eigenvalue weighted by molar-refractivity contribution is 7.89. The topological polar surface area (TPSA) is 59.1 Å². The van der Waals surface area contributed by atoms with Gasteiger partial charge in [0, 0.05) is 12.7 Å². The summed E-state index contributed by atoms with van der Waals surface area (Å²) in [7, 11) is -3.52. The highest BCUT2D eigenvalue weighted by atomic mass is 35.5. The van der Waals surface area contributed by atoms with Crippen LogP contribution in [0.25, 0.3) is 0 Å². The summed E-state index contributed by atoms with van der Waals surface area (Å²) in [4.78, 5) is 3.76. The summed E-state index contributed by atoms with van der Waals surface area (Å²) in [6.07, 6.45) is 4.49. The number of sulfonamides is 1. The van der Waals surface area contributed by atoms with Gasteiger partial charge in [-0.15, -0.1) is 0 Å². The second-order valence-corrected chi connectivity index (χ2v) is 6.61. The molecule has 7 heteroatoms. The standard InChI is InChI=1S/C10H12Cl2N2O2S/c11-9-5-8(6-13-10(9)12)17(15,16)14-4-3-7-1-2-7/h5-7,14H,1-4H2. The number of nitrogens with one attached hydrogen (secondary N) is 1. The highest BCUT2D eigenvalue weighted by Crippen LogP contribution is 2.31. The monoisotopic (exact) mass is 294 g/mol. The van der Waals surface area contributed by atoms with Gasteiger partial charge < -0.3 is 0 Å². The van der Waals surface area contributed by atoms with Gasteiger partial charge in [0.2, 0.25) is 10.0 Å². The van der Waals surface area contributed by atoms with Crippen LogP contribution in [0.1, 0.15) is 19.3 Å². The molecule has 1 heterocycles. The molecule has 1 aliphatic carbocycles. The van der Waals surface area contributed by atoms with Crippen molar-refractivity contribution in [3.05, 3.63) is 22.4 Å². The number of aromatic nitrogens is 1. The van der Waals surface area contributed by atoms with E-state index in [1.54, 1.807) is 0 Å². The second-order valence-electron chi connectivity index (χ2n) is 4.07. The highest BCUT2D eigenvalue weighted by Gasteiger charge is 2.22. The van der Waals surface area contributed by atoms with Crippen molar-refractivity contribution in [2.24, 2.45) is 5.92 Å². The molecule has 1 aromatic heterocycles. The maximum atomic E-state index is 11.8. The average Bonchev–Trinajstić information content (AvgIpc) is 3.05. The summed E-state index contributed by atoms with van der Waals surface area (Å²) in [6.45, 7) is 0.452. The molecule has 1 aliphatic rings. The predicted molar refractivity (Wildman–Crippen MR) is 66.8 cm³/mol. The van der Waals surface area contributed by atoms with E-state index in [0.717, 1.165) is 6.42 Å². The fourth-order valence-corrected chi connectivity index (χ4v) is 2.79. The van der Waals surface area contributed by atoms with Crippen LogP contribution in [-0.2, 0) is 10.0 Å². The molecule has 1 saturated carbocycles. The Balaban J connectivity index is 2.04. The summed E-state index contributed by atoms with van der Waals surface area (Å²) in [5.74, 6) is 0.685. The number of nitrogens with zero attached hydrogens (tertiary/aromatic N) is 1. The largest absolute Gasteiger partial charge is 0.242 e. The van der Waals surface area contributed by atoms with Gasteiger partial charge in [-0.1, -0.05) is 36.0 Å². The van der Waals surface area contributed by atoms with Gasteiger partial charge in [0.25, 0.3) is 0 Å². The Kier molecular flexibility index (Phi) is 3.92. The van der Waals surface area contributed by atoms with E-state index in [1.807, 2.05) is 0 Å². The van der Waals surface area contributed by atoms with Crippen LogP contribution in [0.2, 0.25) is 10.2 Å². The van der Waals surface area contributed by atoms with E-state index in [2.05, 4.69) is 9.71 Å². The van der Waals surface area contributed by atoms with E-state index in [9.17, 15) is 8.42 Å². The van der Waals surface area contributed by atoms with Gasteiger partial charge in [-0.25, -0.2) is 18.1 Å². The SMILES string of the molecule is O=S(=O)(NCCC1CC1)c1cnc(Cl)c(Cl)c1. The third-order valence-electron chi connectivity index (χ3n) is 2.62. The Morgan fingerprint density at radius 1 is 1.41 bits per heavy atom. The first-order valence-electron chi connectivity index (χ1n) is 5.30. The van der Waals surface area contributed by atoms with Crippen molar-refractivity contribution in [2.45, 2.75) is 24.2 Å². The zero-order valence-electron chi connectivity index (χ0n) is 8.99. The normalized spacial score (nSPS) is 16.1. The molecule has 0 atom stereocenters. The molecule has 0 bridgehead atoms. The molecule has 0 radical (unpaired) electrons. The lowest BCUT2D eigenvalue weighted by Crippen LogP contribution is -2.25. The lowest BCUT2D eigenvalue weighted by atomic mass is 10.3. The first-order valence-corrected chi connectivity index (χ1v) is 7.53. The van der Waals surface area contributed by atoms with Crippen LogP contribution in [0.15, 0.2) is 17.2 Å². The van der Waals surface area contributed by atoms with Crippen LogP contribution >= 0.6 is 23.2 Å². The third-order valence-corrected chi connectivity index (χ3v) is 4.74. The van der Waals surface area contributed by atoms with Gasteiger partial charge in [0.15, 0.2) is 0 Å². The van der Waals surface area contributed by atoms with Crippen molar-refractivity contribution in [3.8, 4) is 0 Å². The molecule has 0 aromatic carbocycles. The molecular formula is C10H12Cl2N2O2S. The van der Waals surface area contributed by atoms with Crippen LogP contribution in [0.5, 0.6) is 0 Å². The summed E-state index contributed by atoms with van der Waals surface area (Å²) in [5.41, 5.74) is 0. The van der Waals surface area contributed by atoms with Crippen molar-refractivity contribution < 1.29 is 8.42 Å². The maximum absolute atomic E-state index is 11.8. The Morgan fingerprint density at radius 2 is 2.12 bits per heavy atom. The number of halogens is 2. The summed E-state index contributed by atoms with van der Waals surface area (Å²) < 4.78 is 26.2. The zero-order valence-corrected chi connectivity index (χ0v) is 11.3. The molecule has 1 N–H and O–H groups in total. The van der Waals surface area contributed by atoms with Crippen LogP contribution in [0.4, 0.5) is 0 Å². The first-order chi connectivity index (χ1) is 7.99. The van der Waals surface area contributed by atoms with Crippen molar-refractivity contribution in [3.63, 3.8) is 0 Å². The van der Waals surface area contributed by atoms with Gasteiger partial charge >= 0.3 is 0 Å². The van der Waals surface area contributed by atoms with Gasteiger partial charge in [-0.2, -0.15) is 0 Å². The van der Waals surface area contributed by atoms with Crippen molar-refractivity contribution in [1.82, 2.24) is 9.71 Å². The minimum atomic E-state index is -3.52. The van der Waals surface area contributed by atoms with Gasteiger partial charge in [0.05, 0.1) is 5.02 Å². The van der Waals surface area contributed by atoms with E-state index >= 15 is 0 Å². The average molecular weight is 295 g/mol. The molecule has 94 valence electrons. The zero-order chi connectivity index (χ0) is 12.5. The molecule has 2 rings (SSSR count). The second kappa shape index (κ2) is 5.10. The molecule has 4 nitrogen and oxygen atoms in total. The number of hydrogen-bond donors (Lipinski definition) is 1. The van der Waals surface area contributed by atoms with Crippen LogP contribution in [-0.4, -0.2) is 19.9 Å². The van der Waals surface area contributed by atoms with Gasteiger partial charge in [-0.05, 0) is 18.4 Å². The Morgan fingerprint density at radius 3 is 2.71 bits per heavy atom. The number of hydrogen-bond acceptors (Lipinski definition) is 3. The minimum Gasteiger partial charge on any atom is -0.242 e. The fourth-order valence-electron chi connectivity index (χ4n) is 1.44.